The maximum absolute atomic E-state index is 13.8. The fourth-order valence-electron chi connectivity index (χ4n) is 4.37. The second kappa shape index (κ2) is 7.93. The van der Waals surface area contributed by atoms with Gasteiger partial charge in [0.2, 0.25) is 5.92 Å². The number of hydrogen-bond acceptors (Lipinski definition) is 5. The Labute approximate surface area is 186 Å². The van der Waals surface area contributed by atoms with E-state index in [0.717, 1.165) is 5.52 Å². The van der Waals surface area contributed by atoms with Crippen LogP contribution in [0.2, 0.25) is 5.02 Å². The summed E-state index contributed by atoms with van der Waals surface area (Å²) in [5.41, 5.74) is 2.19. The lowest BCUT2D eigenvalue weighted by atomic mass is 9.92. The number of rotatable bonds is 5. The maximum atomic E-state index is 13.8. The fourth-order valence-corrected chi connectivity index (χ4v) is 4.53. The van der Waals surface area contributed by atoms with Crippen LogP contribution in [0.5, 0.6) is 0 Å². The summed E-state index contributed by atoms with van der Waals surface area (Å²) >= 11 is 6.15. The molecular formula is C21H22ClF2N7O. The average Bonchev–Trinajstić information content (AvgIpc) is 3.30. The van der Waals surface area contributed by atoms with Crippen molar-refractivity contribution in [3.8, 4) is 11.4 Å². The van der Waals surface area contributed by atoms with Gasteiger partial charge in [0.1, 0.15) is 5.52 Å². The summed E-state index contributed by atoms with van der Waals surface area (Å²) in [6.07, 6.45) is 4.99. The van der Waals surface area contributed by atoms with E-state index in [2.05, 4.69) is 15.4 Å². The van der Waals surface area contributed by atoms with Gasteiger partial charge in [-0.3, -0.25) is 9.13 Å². The van der Waals surface area contributed by atoms with Crippen LogP contribution in [0.1, 0.15) is 31.7 Å². The Morgan fingerprint density at radius 1 is 1.25 bits per heavy atom. The number of nitrogens with one attached hydrogen (secondary N) is 1. The van der Waals surface area contributed by atoms with E-state index < -0.39 is 5.92 Å². The first-order valence-electron chi connectivity index (χ1n) is 10.5. The molecule has 0 atom stereocenters. The van der Waals surface area contributed by atoms with E-state index in [9.17, 15) is 13.6 Å². The third kappa shape index (κ3) is 3.57. The standard InChI is InChI=1S/C21H22ClF2N7O/c1-25-7-9-29-17-12-26-18(15-11-27-30-8-4-13(22)10-16(15)30)28-19(17)31(20(29)32)14-2-5-21(23,24)6-3-14/h4,8,10-12,14,25H,2-3,5-7,9H2,1H3. The second-order valence-corrected chi connectivity index (χ2v) is 8.57. The molecule has 0 bridgehead atoms. The first kappa shape index (κ1) is 21.0. The number of likely N-dealkylation sites (N-methyl/N-ethyl adjacent to an activating group) is 1. The number of pyridine rings is 1. The number of halogens is 3. The lowest BCUT2D eigenvalue weighted by Gasteiger charge is -2.28. The topological polar surface area (TPSA) is 82.0 Å². The van der Waals surface area contributed by atoms with Crippen LogP contribution in [0.25, 0.3) is 28.1 Å². The zero-order valence-electron chi connectivity index (χ0n) is 17.4. The lowest BCUT2D eigenvalue weighted by molar-refractivity contribution is -0.0439. The Kier molecular flexibility index (Phi) is 5.21. The minimum atomic E-state index is -2.68. The molecule has 0 unspecified atom stereocenters. The monoisotopic (exact) mass is 461 g/mol. The van der Waals surface area contributed by atoms with Gasteiger partial charge in [-0.05, 0) is 32.0 Å². The van der Waals surface area contributed by atoms with E-state index in [1.54, 1.807) is 51.4 Å². The summed E-state index contributed by atoms with van der Waals surface area (Å²) in [4.78, 5) is 22.5. The van der Waals surface area contributed by atoms with Gasteiger partial charge in [0, 0.05) is 43.2 Å². The Hall–Kier alpha value is -2.85. The molecule has 8 nitrogen and oxygen atoms in total. The highest BCUT2D eigenvalue weighted by atomic mass is 35.5. The van der Waals surface area contributed by atoms with E-state index in [4.69, 9.17) is 16.6 Å². The first-order valence-corrected chi connectivity index (χ1v) is 10.9. The molecule has 11 heteroatoms. The molecule has 4 aromatic heterocycles. The van der Waals surface area contributed by atoms with Gasteiger partial charge in [-0.2, -0.15) is 5.10 Å². The number of imidazole rings is 1. The SMILES string of the molecule is CNCCn1c(=O)n(C2CCC(F)(F)CC2)c2nc(-c3cnn4ccc(Cl)cc34)ncc21. The van der Waals surface area contributed by atoms with Gasteiger partial charge in [-0.1, -0.05) is 11.6 Å². The van der Waals surface area contributed by atoms with E-state index in [1.165, 1.54) is 0 Å². The minimum absolute atomic E-state index is 0.226. The Balaban J connectivity index is 1.67. The molecule has 1 aliphatic carbocycles. The second-order valence-electron chi connectivity index (χ2n) is 8.13. The summed E-state index contributed by atoms with van der Waals surface area (Å²) in [6.45, 7) is 1.01. The van der Waals surface area contributed by atoms with Crippen LogP contribution in [0.3, 0.4) is 0 Å². The molecule has 0 aliphatic heterocycles. The normalized spacial score (nSPS) is 16.9. The van der Waals surface area contributed by atoms with Gasteiger partial charge in [-0.25, -0.2) is 28.1 Å². The molecule has 32 heavy (non-hydrogen) atoms. The Morgan fingerprint density at radius 2 is 2.03 bits per heavy atom. The predicted molar refractivity (Wildman–Crippen MR) is 117 cm³/mol. The van der Waals surface area contributed by atoms with Crippen LogP contribution in [0, 0.1) is 0 Å². The number of alkyl halides is 2. The molecular weight excluding hydrogens is 440 g/mol. The Bertz CT molecular complexity index is 1350. The quantitative estimate of drug-likeness (QED) is 0.491. The third-order valence-corrected chi connectivity index (χ3v) is 6.30. The van der Waals surface area contributed by atoms with E-state index in [0.29, 0.717) is 40.7 Å². The number of nitrogens with zero attached hydrogens (tertiary/aromatic N) is 6. The van der Waals surface area contributed by atoms with Crippen LogP contribution in [-0.2, 0) is 6.54 Å². The van der Waals surface area contributed by atoms with Gasteiger partial charge >= 0.3 is 5.69 Å². The number of aromatic nitrogens is 6. The van der Waals surface area contributed by atoms with E-state index >= 15 is 0 Å². The molecule has 1 saturated carbocycles. The van der Waals surface area contributed by atoms with Crippen molar-refractivity contribution >= 4 is 28.3 Å². The first-order chi connectivity index (χ1) is 15.4. The van der Waals surface area contributed by atoms with Gasteiger partial charge in [0.05, 0.1) is 23.5 Å². The fraction of sp³-hybridized carbons (Fsp3) is 0.429. The smallest absolute Gasteiger partial charge is 0.318 e. The minimum Gasteiger partial charge on any atom is -0.318 e. The molecule has 168 valence electrons. The number of hydrogen-bond donors (Lipinski definition) is 1. The van der Waals surface area contributed by atoms with Crippen molar-refractivity contribution < 1.29 is 8.78 Å². The third-order valence-electron chi connectivity index (χ3n) is 6.07. The van der Waals surface area contributed by atoms with Crippen LogP contribution in [0.4, 0.5) is 8.78 Å². The highest BCUT2D eigenvalue weighted by Crippen LogP contribution is 2.39. The van der Waals surface area contributed by atoms with Crippen molar-refractivity contribution in [3.05, 3.63) is 46.2 Å². The van der Waals surface area contributed by atoms with Gasteiger partial charge < -0.3 is 5.32 Å². The van der Waals surface area contributed by atoms with Crippen molar-refractivity contribution in [1.29, 1.82) is 0 Å². The van der Waals surface area contributed by atoms with E-state index in [1.807, 2.05) is 0 Å². The molecule has 5 rings (SSSR count). The summed E-state index contributed by atoms with van der Waals surface area (Å²) in [7, 11) is 1.80. The molecule has 0 amide bonds. The summed E-state index contributed by atoms with van der Waals surface area (Å²) < 4.78 is 32.4. The molecule has 1 fully saturated rings. The predicted octanol–water partition coefficient (Wildman–Crippen LogP) is 3.53. The molecule has 0 radical (unpaired) electrons. The molecule has 0 aromatic carbocycles. The van der Waals surface area contributed by atoms with Crippen LogP contribution in [0.15, 0.2) is 35.5 Å². The molecule has 1 N–H and O–H groups in total. The average molecular weight is 462 g/mol. The van der Waals surface area contributed by atoms with Gasteiger partial charge in [0.25, 0.3) is 0 Å². The van der Waals surface area contributed by atoms with Crippen LogP contribution in [-0.4, -0.2) is 48.2 Å². The molecule has 0 spiro atoms. The van der Waals surface area contributed by atoms with Crippen LogP contribution >= 0.6 is 11.6 Å². The van der Waals surface area contributed by atoms with Crippen molar-refractivity contribution in [2.75, 3.05) is 13.6 Å². The van der Waals surface area contributed by atoms with Crippen molar-refractivity contribution in [2.45, 2.75) is 44.2 Å². The largest absolute Gasteiger partial charge is 0.330 e. The highest BCUT2D eigenvalue weighted by Gasteiger charge is 2.37. The molecule has 0 saturated heterocycles. The van der Waals surface area contributed by atoms with Crippen LogP contribution < -0.4 is 11.0 Å². The molecule has 1 aliphatic rings. The summed E-state index contributed by atoms with van der Waals surface area (Å²) in [5, 5.41) is 7.91. The maximum Gasteiger partial charge on any atom is 0.330 e. The molecule has 4 heterocycles. The lowest BCUT2D eigenvalue weighted by Crippen LogP contribution is -2.33. The Morgan fingerprint density at radius 3 is 2.78 bits per heavy atom. The van der Waals surface area contributed by atoms with Crippen molar-refractivity contribution in [1.82, 2.24) is 34.0 Å². The van der Waals surface area contributed by atoms with Gasteiger partial charge in [-0.15, -0.1) is 0 Å². The molecule has 4 aromatic rings. The summed E-state index contributed by atoms with van der Waals surface area (Å²) in [6, 6.07) is 3.17. The highest BCUT2D eigenvalue weighted by molar-refractivity contribution is 6.31. The summed E-state index contributed by atoms with van der Waals surface area (Å²) in [5.74, 6) is -2.28. The van der Waals surface area contributed by atoms with Crippen molar-refractivity contribution in [3.63, 3.8) is 0 Å². The van der Waals surface area contributed by atoms with Gasteiger partial charge in [0.15, 0.2) is 11.5 Å². The zero-order chi connectivity index (χ0) is 22.5. The number of fused-ring (bicyclic) bond motifs is 2. The zero-order valence-corrected chi connectivity index (χ0v) is 18.2. The van der Waals surface area contributed by atoms with E-state index in [-0.39, 0.29) is 37.4 Å². The van der Waals surface area contributed by atoms with Crippen molar-refractivity contribution in [2.24, 2.45) is 0 Å².